The molecule has 1 unspecified atom stereocenters. The highest BCUT2D eigenvalue weighted by atomic mass is 16.2. The highest BCUT2D eigenvalue weighted by Gasteiger charge is 2.19. The monoisotopic (exact) mass is 212 g/mol. The Morgan fingerprint density at radius 2 is 2.27 bits per heavy atom. The molecule has 0 saturated carbocycles. The molecule has 0 aromatic heterocycles. The van der Waals surface area contributed by atoms with Crippen LogP contribution >= 0.6 is 0 Å². The topological polar surface area (TPSA) is 49.4 Å². The molecular weight excluding hydrogens is 192 g/mol. The quantitative estimate of drug-likeness (QED) is 0.751. The van der Waals surface area contributed by atoms with E-state index in [0.717, 1.165) is 6.42 Å². The van der Waals surface area contributed by atoms with E-state index < -0.39 is 0 Å². The summed E-state index contributed by atoms with van der Waals surface area (Å²) in [5.41, 5.74) is 0. The van der Waals surface area contributed by atoms with Crippen molar-refractivity contribution < 1.29 is 9.59 Å². The van der Waals surface area contributed by atoms with Gasteiger partial charge < -0.3 is 10.2 Å². The van der Waals surface area contributed by atoms with Crippen molar-refractivity contribution in [3.63, 3.8) is 0 Å². The summed E-state index contributed by atoms with van der Waals surface area (Å²) >= 11 is 0. The van der Waals surface area contributed by atoms with Gasteiger partial charge in [-0.1, -0.05) is 20.3 Å². The molecule has 1 heterocycles. The Labute approximate surface area is 91.0 Å². The van der Waals surface area contributed by atoms with Crippen LogP contribution in [0.1, 0.15) is 33.1 Å². The zero-order valence-corrected chi connectivity index (χ0v) is 9.58. The predicted octanol–water partition coefficient (Wildman–Crippen LogP) is 0.771. The molecule has 1 saturated heterocycles. The smallest absolute Gasteiger partial charge is 0.222 e. The largest absolute Gasteiger partial charge is 0.354 e. The van der Waals surface area contributed by atoms with Crippen LogP contribution in [0.3, 0.4) is 0 Å². The molecule has 2 amide bonds. The van der Waals surface area contributed by atoms with Gasteiger partial charge in [0.15, 0.2) is 0 Å². The molecular formula is C11H20N2O2. The van der Waals surface area contributed by atoms with Crippen molar-refractivity contribution in [2.24, 2.45) is 5.92 Å². The average Bonchev–Trinajstić information content (AvgIpc) is 2.42. The zero-order valence-electron chi connectivity index (χ0n) is 9.58. The fourth-order valence-corrected chi connectivity index (χ4v) is 1.59. The molecule has 0 spiro atoms. The van der Waals surface area contributed by atoms with E-state index in [9.17, 15) is 9.59 Å². The minimum absolute atomic E-state index is 0.0499. The number of rotatable bonds is 3. The van der Waals surface area contributed by atoms with Crippen LogP contribution in [0.15, 0.2) is 0 Å². The van der Waals surface area contributed by atoms with Gasteiger partial charge >= 0.3 is 0 Å². The average molecular weight is 212 g/mol. The molecule has 1 rings (SSSR count). The Kier molecular flexibility index (Phi) is 4.59. The first kappa shape index (κ1) is 12.0. The molecule has 1 N–H and O–H groups in total. The maximum atomic E-state index is 11.8. The number of hydrogen-bond acceptors (Lipinski definition) is 2. The lowest BCUT2D eigenvalue weighted by Gasteiger charge is -2.21. The Morgan fingerprint density at radius 1 is 1.53 bits per heavy atom. The fraction of sp³-hybridized carbons (Fsp3) is 0.818. The van der Waals surface area contributed by atoms with Crippen LogP contribution in [-0.2, 0) is 9.59 Å². The number of nitrogens with one attached hydrogen (secondary N) is 1. The number of nitrogens with zero attached hydrogens (tertiary/aromatic N) is 1. The van der Waals surface area contributed by atoms with Crippen molar-refractivity contribution >= 4 is 11.8 Å². The van der Waals surface area contributed by atoms with Crippen molar-refractivity contribution in [2.45, 2.75) is 33.1 Å². The van der Waals surface area contributed by atoms with Gasteiger partial charge in [-0.15, -0.1) is 0 Å². The van der Waals surface area contributed by atoms with Crippen LogP contribution in [0.25, 0.3) is 0 Å². The van der Waals surface area contributed by atoms with Gasteiger partial charge in [0.1, 0.15) is 0 Å². The first-order chi connectivity index (χ1) is 7.13. The van der Waals surface area contributed by atoms with Crippen LogP contribution < -0.4 is 5.32 Å². The summed E-state index contributed by atoms with van der Waals surface area (Å²) in [5.74, 6) is 0.666. The number of hydrogen-bond donors (Lipinski definition) is 1. The van der Waals surface area contributed by atoms with Gasteiger partial charge in [0.05, 0.1) is 0 Å². The van der Waals surface area contributed by atoms with Crippen LogP contribution in [0.5, 0.6) is 0 Å². The molecule has 0 radical (unpaired) electrons. The third kappa shape index (κ3) is 3.90. The number of carbonyl (C=O) groups excluding carboxylic acids is 2. The van der Waals surface area contributed by atoms with Crippen molar-refractivity contribution in [1.29, 1.82) is 0 Å². The van der Waals surface area contributed by atoms with Crippen molar-refractivity contribution in [2.75, 3.05) is 19.6 Å². The zero-order chi connectivity index (χ0) is 11.3. The molecule has 0 aromatic rings. The molecule has 1 aliphatic heterocycles. The SMILES string of the molecule is CCC(C)CC(=O)N1CCNC(=O)CC1. The van der Waals surface area contributed by atoms with Gasteiger partial charge in [0.25, 0.3) is 0 Å². The van der Waals surface area contributed by atoms with Gasteiger partial charge in [-0.3, -0.25) is 9.59 Å². The highest BCUT2D eigenvalue weighted by molar-refractivity contribution is 5.80. The minimum Gasteiger partial charge on any atom is -0.354 e. The van der Waals surface area contributed by atoms with E-state index in [1.54, 1.807) is 4.90 Å². The molecule has 1 aliphatic rings. The lowest BCUT2D eigenvalue weighted by atomic mass is 10.0. The van der Waals surface area contributed by atoms with Gasteiger partial charge in [0.2, 0.25) is 11.8 Å². The minimum atomic E-state index is 0.0499. The van der Waals surface area contributed by atoms with Crippen molar-refractivity contribution in [3.8, 4) is 0 Å². The van der Waals surface area contributed by atoms with Crippen LogP contribution in [-0.4, -0.2) is 36.3 Å². The lowest BCUT2D eigenvalue weighted by molar-refractivity contribution is -0.132. The van der Waals surface area contributed by atoms with E-state index in [-0.39, 0.29) is 11.8 Å². The van der Waals surface area contributed by atoms with Crippen molar-refractivity contribution in [3.05, 3.63) is 0 Å². The number of amides is 2. The summed E-state index contributed by atoms with van der Waals surface area (Å²) in [4.78, 5) is 24.7. The van der Waals surface area contributed by atoms with Crippen LogP contribution in [0.4, 0.5) is 0 Å². The summed E-state index contributed by atoms with van der Waals surface area (Å²) in [7, 11) is 0. The third-order valence-electron chi connectivity index (χ3n) is 2.89. The maximum absolute atomic E-state index is 11.8. The molecule has 4 heteroatoms. The Hall–Kier alpha value is -1.06. The molecule has 4 nitrogen and oxygen atoms in total. The third-order valence-corrected chi connectivity index (χ3v) is 2.89. The summed E-state index contributed by atoms with van der Waals surface area (Å²) in [5, 5.41) is 2.76. The Morgan fingerprint density at radius 3 is 2.93 bits per heavy atom. The second kappa shape index (κ2) is 5.73. The van der Waals surface area contributed by atoms with Gasteiger partial charge in [-0.25, -0.2) is 0 Å². The Balaban J connectivity index is 2.41. The van der Waals surface area contributed by atoms with Gasteiger partial charge in [0, 0.05) is 32.5 Å². The van der Waals surface area contributed by atoms with Gasteiger partial charge in [-0.05, 0) is 5.92 Å². The summed E-state index contributed by atoms with van der Waals surface area (Å²) in [6.45, 7) is 5.98. The molecule has 15 heavy (non-hydrogen) atoms. The first-order valence-electron chi connectivity index (χ1n) is 5.68. The fourth-order valence-electron chi connectivity index (χ4n) is 1.59. The predicted molar refractivity (Wildman–Crippen MR) is 58.3 cm³/mol. The highest BCUT2D eigenvalue weighted by Crippen LogP contribution is 2.10. The molecule has 1 fully saturated rings. The van der Waals surface area contributed by atoms with Gasteiger partial charge in [-0.2, -0.15) is 0 Å². The normalized spacial score (nSPS) is 19.3. The molecule has 0 aliphatic carbocycles. The molecule has 0 aromatic carbocycles. The van der Waals surface area contributed by atoms with E-state index in [1.165, 1.54) is 0 Å². The second-order valence-electron chi connectivity index (χ2n) is 4.20. The Bertz CT molecular complexity index is 241. The van der Waals surface area contributed by atoms with Crippen molar-refractivity contribution in [1.82, 2.24) is 10.2 Å². The van der Waals surface area contributed by atoms with E-state index in [1.807, 2.05) is 0 Å². The first-order valence-corrected chi connectivity index (χ1v) is 5.68. The maximum Gasteiger partial charge on any atom is 0.222 e. The molecule has 1 atom stereocenters. The van der Waals surface area contributed by atoms with E-state index >= 15 is 0 Å². The van der Waals surface area contributed by atoms with Crippen LogP contribution in [0, 0.1) is 5.92 Å². The van der Waals surface area contributed by atoms with Crippen LogP contribution in [0.2, 0.25) is 0 Å². The molecule has 86 valence electrons. The number of carbonyl (C=O) groups is 2. The standard InChI is InChI=1S/C11H20N2O2/c1-3-9(2)8-11(15)13-6-4-10(14)12-5-7-13/h9H,3-8H2,1-2H3,(H,12,14). The van der Waals surface area contributed by atoms with E-state index in [2.05, 4.69) is 19.2 Å². The summed E-state index contributed by atoms with van der Waals surface area (Å²) in [6.07, 6.45) is 2.06. The summed E-state index contributed by atoms with van der Waals surface area (Å²) < 4.78 is 0. The van der Waals surface area contributed by atoms with E-state index in [4.69, 9.17) is 0 Å². The van der Waals surface area contributed by atoms with E-state index in [0.29, 0.717) is 38.4 Å². The molecule has 0 bridgehead atoms. The second-order valence-corrected chi connectivity index (χ2v) is 4.20. The summed E-state index contributed by atoms with van der Waals surface area (Å²) in [6, 6.07) is 0. The lowest BCUT2D eigenvalue weighted by Crippen LogP contribution is -2.34.